The Kier molecular flexibility index (Phi) is 4.03. The number of nitrogens with two attached hydrogens (primary N) is 1. The van der Waals surface area contributed by atoms with Gasteiger partial charge in [0.25, 0.3) is 0 Å². The van der Waals surface area contributed by atoms with Gasteiger partial charge < -0.3 is 15.0 Å². The summed E-state index contributed by atoms with van der Waals surface area (Å²) >= 11 is 0. The molecule has 0 amide bonds. The number of hydrogen-bond donors (Lipinski definition) is 1. The third kappa shape index (κ3) is 2.92. The highest BCUT2D eigenvalue weighted by atomic mass is 19.1. The molecular weight excluding hydrogens is 237 g/mol. The molecule has 94 valence electrons. The van der Waals surface area contributed by atoms with Gasteiger partial charge in [-0.1, -0.05) is 5.16 Å². The van der Waals surface area contributed by atoms with E-state index in [1.807, 2.05) is 0 Å². The molecule has 2 N–H and O–H groups in total. The Morgan fingerprint density at radius 2 is 2.17 bits per heavy atom. The van der Waals surface area contributed by atoms with Crippen molar-refractivity contribution in [1.29, 1.82) is 0 Å². The van der Waals surface area contributed by atoms with Crippen LogP contribution in [0.3, 0.4) is 0 Å². The third-order valence-corrected chi connectivity index (χ3v) is 2.31. The minimum Gasteiger partial charge on any atom is -0.489 e. The summed E-state index contributed by atoms with van der Waals surface area (Å²) in [6, 6.07) is 7.08. The Labute approximate surface area is 103 Å². The van der Waals surface area contributed by atoms with Crippen LogP contribution < -0.4 is 10.5 Å². The SMILES string of the molecule is NC/C(=C/F)COc1ccc(-c2ncon2)cc1. The van der Waals surface area contributed by atoms with E-state index in [-0.39, 0.29) is 13.2 Å². The van der Waals surface area contributed by atoms with Crippen LogP contribution >= 0.6 is 0 Å². The summed E-state index contributed by atoms with van der Waals surface area (Å²) in [7, 11) is 0. The van der Waals surface area contributed by atoms with Crippen LogP contribution in [0.4, 0.5) is 4.39 Å². The molecule has 6 heteroatoms. The van der Waals surface area contributed by atoms with Crippen LogP contribution in [0.25, 0.3) is 11.4 Å². The van der Waals surface area contributed by atoms with Crippen molar-refractivity contribution >= 4 is 0 Å². The molecule has 1 aromatic carbocycles. The number of nitrogens with zero attached hydrogens (tertiary/aromatic N) is 2. The van der Waals surface area contributed by atoms with Gasteiger partial charge in [-0.3, -0.25) is 0 Å². The van der Waals surface area contributed by atoms with Gasteiger partial charge in [0.1, 0.15) is 12.4 Å². The first-order valence-corrected chi connectivity index (χ1v) is 5.31. The van der Waals surface area contributed by atoms with Gasteiger partial charge in [-0.15, -0.1) is 0 Å². The highest BCUT2D eigenvalue weighted by molar-refractivity contribution is 5.55. The summed E-state index contributed by atoms with van der Waals surface area (Å²) in [5, 5.41) is 3.71. The fourth-order valence-corrected chi connectivity index (χ4v) is 1.31. The second kappa shape index (κ2) is 5.92. The molecule has 5 nitrogen and oxygen atoms in total. The van der Waals surface area contributed by atoms with E-state index in [0.29, 0.717) is 23.5 Å². The molecule has 0 spiro atoms. The van der Waals surface area contributed by atoms with E-state index in [1.54, 1.807) is 24.3 Å². The fourth-order valence-electron chi connectivity index (χ4n) is 1.31. The van der Waals surface area contributed by atoms with Gasteiger partial charge in [-0.25, -0.2) is 4.39 Å². The van der Waals surface area contributed by atoms with E-state index >= 15 is 0 Å². The van der Waals surface area contributed by atoms with E-state index in [0.717, 1.165) is 5.56 Å². The zero-order chi connectivity index (χ0) is 12.8. The predicted molar refractivity (Wildman–Crippen MR) is 63.5 cm³/mol. The monoisotopic (exact) mass is 249 g/mol. The summed E-state index contributed by atoms with van der Waals surface area (Å²) in [6.45, 7) is 0.270. The average Bonchev–Trinajstić information content (AvgIpc) is 2.94. The highest BCUT2D eigenvalue weighted by Crippen LogP contribution is 2.19. The Bertz CT molecular complexity index is 509. The van der Waals surface area contributed by atoms with Crippen molar-refractivity contribution in [1.82, 2.24) is 10.1 Å². The van der Waals surface area contributed by atoms with Crippen LogP contribution in [0.15, 0.2) is 47.1 Å². The summed E-state index contributed by atoms with van der Waals surface area (Å²) in [5.41, 5.74) is 6.54. The normalized spacial score (nSPS) is 11.6. The fraction of sp³-hybridized carbons (Fsp3) is 0.167. The molecular formula is C12H12FN3O2. The number of halogens is 1. The first-order valence-electron chi connectivity index (χ1n) is 5.31. The van der Waals surface area contributed by atoms with Crippen LogP contribution in [0, 0.1) is 0 Å². The predicted octanol–water partition coefficient (Wildman–Crippen LogP) is 1.93. The summed E-state index contributed by atoms with van der Waals surface area (Å²) in [6.07, 6.45) is 1.73. The molecule has 2 aromatic rings. The van der Waals surface area contributed by atoms with E-state index in [9.17, 15) is 4.39 Å². The van der Waals surface area contributed by atoms with Crippen LogP contribution in [-0.2, 0) is 0 Å². The number of benzene rings is 1. The van der Waals surface area contributed by atoms with Crippen molar-refractivity contribution in [2.45, 2.75) is 0 Å². The molecule has 0 saturated heterocycles. The molecule has 0 aliphatic heterocycles. The lowest BCUT2D eigenvalue weighted by Crippen LogP contribution is -2.10. The smallest absolute Gasteiger partial charge is 0.214 e. The molecule has 0 fully saturated rings. The number of hydrogen-bond acceptors (Lipinski definition) is 5. The van der Waals surface area contributed by atoms with E-state index in [2.05, 4.69) is 14.7 Å². The van der Waals surface area contributed by atoms with Crippen LogP contribution in [0.1, 0.15) is 0 Å². The second-order valence-corrected chi connectivity index (χ2v) is 3.54. The van der Waals surface area contributed by atoms with Crippen molar-refractivity contribution < 1.29 is 13.7 Å². The first kappa shape index (κ1) is 12.3. The first-order chi connectivity index (χ1) is 8.83. The third-order valence-electron chi connectivity index (χ3n) is 2.31. The molecule has 1 aromatic heterocycles. The van der Waals surface area contributed by atoms with Crippen LogP contribution in [0.2, 0.25) is 0 Å². The molecule has 18 heavy (non-hydrogen) atoms. The van der Waals surface area contributed by atoms with Gasteiger partial charge in [0.15, 0.2) is 0 Å². The van der Waals surface area contributed by atoms with Crippen molar-refractivity contribution in [3.05, 3.63) is 42.6 Å². The van der Waals surface area contributed by atoms with Gasteiger partial charge in [-0.05, 0) is 24.3 Å². The maximum atomic E-state index is 12.3. The summed E-state index contributed by atoms with van der Waals surface area (Å²) in [5.74, 6) is 1.13. The second-order valence-electron chi connectivity index (χ2n) is 3.54. The van der Waals surface area contributed by atoms with Gasteiger partial charge in [-0.2, -0.15) is 4.98 Å². The Balaban J connectivity index is 2.00. The largest absolute Gasteiger partial charge is 0.489 e. The number of ether oxygens (including phenoxy) is 1. The molecule has 0 aliphatic carbocycles. The van der Waals surface area contributed by atoms with Gasteiger partial charge in [0, 0.05) is 17.7 Å². The topological polar surface area (TPSA) is 74.2 Å². The molecule has 0 radical (unpaired) electrons. The van der Waals surface area contributed by atoms with Gasteiger partial charge in [0.05, 0.1) is 6.33 Å². The minimum absolute atomic E-state index is 0.133. The zero-order valence-electron chi connectivity index (χ0n) is 9.54. The van der Waals surface area contributed by atoms with Crippen LogP contribution in [-0.4, -0.2) is 23.3 Å². The van der Waals surface area contributed by atoms with E-state index in [4.69, 9.17) is 10.5 Å². The average molecular weight is 249 g/mol. The Morgan fingerprint density at radius 3 is 2.72 bits per heavy atom. The highest BCUT2D eigenvalue weighted by Gasteiger charge is 2.03. The Morgan fingerprint density at radius 1 is 1.39 bits per heavy atom. The van der Waals surface area contributed by atoms with Gasteiger partial charge >= 0.3 is 0 Å². The number of aromatic nitrogens is 2. The lowest BCUT2D eigenvalue weighted by atomic mass is 10.2. The molecule has 0 unspecified atom stereocenters. The Hall–Kier alpha value is -2.21. The lowest BCUT2D eigenvalue weighted by Gasteiger charge is -2.07. The van der Waals surface area contributed by atoms with Gasteiger partial charge in [0.2, 0.25) is 12.2 Å². The minimum atomic E-state index is 0.133. The molecule has 0 saturated carbocycles. The molecule has 0 atom stereocenters. The summed E-state index contributed by atoms with van der Waals surface area (Å²) < 4.78 is 22.3. The quantitative estimate of drug-likeness (QED) is 0.876. The van der Waals surface area contributed by atoms with E-state index < -0.39 is 0 Å². The van der Waals surface area contributed by atoms with Crippen molar-refractivity contribution in [2.75, 3.05) is 13.2 Å². The van der Waals surface area contributed by atoms with E-state index in [1.165, 1.54) is 6.39 Å². The molecule has 0 bridgehead atoms. The maximum absolute atomic E-state index is 12.3. The number of rotatable bonds is 5. The lowest BCUT2D eigenvalue weighted by molar-refractivity contribution is 0.347. The molecule has 2 rings (SSSR count). The van der Waals surface area contributed by atoms with Crippen LogP contribution in [0.5, 0.6) is 5.75 Å². The summed E-state index contributed by atoms with van der Waals surface area (Å²) in [4.78, 5) is 3.92. The maximum Gasteiger partial charge on any atom is 0.214 e. The molecule has 1 heterocycles. The van der Waals surface area contributed by atoms with Crippen molar-refractivity contribution in [2.24, 2.45) is 5.73 Å². The zero-order valence-corrected chi connectivity index (χ0v) is 9.54. The molecule has 0 aliphatic rings. The van der Waals surface area contributed by atoms with Crippen molar-refractivity contribution in [3.8, 4) is 17.1 Å². The standard InChI is InChI=1S/C12H12FN3O2/c13-5-9(6-14)7-17-11-3-1-10(2-4-11)12-15-8-18-16-12/h1-5,8H,6-7,14H2/b9-5-. The van der Waals surface area contributed by atoms with Crippen molar-refractivity contribution in [3.63, 3.8) is 0 Å².